The number of ether oxygens (including phenoxy) is 1. The van der Waals surface area contributed by atoms with E-state index in [0.717, 1.165) is 36.4 Å². The summed E-state index contributed by atoms with van der Waals surface area (Å²) >= 11 is 0. The largest absolute Gasteiger partial charge is 0.444 e. The molecule has 0 N–H and O–H groups in total. The maximum Gasteiger partial charge on any atom is 0.254 e. The molecule has 184 valence electrons. The van der Waals surface area contributed by atoms with Gasteiger partial charge in [0, 0.05) is 38.6 Å². The SMILES string of the molecule is Cc1ccc(C2C(C(=O)N3CCCN(Cc4ncc(C(C)(C)C)o4)CC3)OCC(=O)N2C)cc1. The van der Waals surface area contributed by atoms with Crippen LogP contribution in [-0.4, -0.2) is 77.4 Å². The Morgan fingerprint density at radius 2 is 1.85 bits per heavy atom. The molecule has 2 aromatic rings. The Balaban J connectivity index is 1.43. The van der Waals surface area contributed by atoms with Gasteiger partial charge in [-0.2, -0.15) is 0 Å². The van der Waals surface area contributed by atoms with Crippen LogP contribution in [0.2, 0.25) is 0 Å². The van der Waals surface area contributed by atoms with Crippen LogP contribution in [0.1, 0.15) is 56.0 Å². The van der Waals surface area contributed by atoms with Crippen LogP contribution in [0.5, 0.6) is 0 Å². The monoisotopic (exact) mass is 468 g/mol. The van der Waals surface area contributed by atoms with Crippen molar-refractivity contribution >= 4 is 11.8 Å². The topological polar surface area (TPSA) is 79.1 Å². The highest BCUT2D eigenvalue weighted by molar-refractivity contribution is 5.86. The molecule has 8 heteroatoms. The fourth-order valence-corrected chi connectivity index (χ4v) is 4.53. The molecule has 2 fully saturated rings. The lowest BCUT2D eigenvalue weighted by molar-refractivity contribution is -0.167. The highest BCUT2D eigenvalue weighted by Crippen LogP contribution is 2.31. The van der Waals surface area contributed by atoms with Gasteiger partial charge in [-0.1, -0.05) is 50.6 Å². The van der Waals surface area contributed by atoms with E-state index in [-0.39, 0.29) is 23.8 Å². The van der Waals surface area contributed by atoms with Crippen molar-refractivity contribution in [3.8, 4) is 0 Å². The lowest BCUT2D eigenvalue weighted by atomic mass is 9.94. The average molecular weight is 469 g/mol. The van der Waals surface area contributed by atoms with Gasteiger partial charge in [-0.15, -0.1) is 0 Å². The summed E-state index contributed by atoms with van der Waals surface area (Å²) in [6.07, 6.45) is 1.96. The van der Waals surface area contributed by atoms with E-state index in [4.69, 9.17) is 9.15 Å². The van der Waals surface area contributed by atoms with Crippen molar-refractivity contribution < 1.29 is 18.7 Å². The number of aryl methyl sites for hydroxylation is 1. The lowest BCUT2D eigenvalue weighted by Crippen LogP contribution is -2.54. The van der Waals surface area contributed by atoms with Gasteiger partial charge in [0.15, 0.2) is 6.10 Å². The van der Waals surface area contributed by atoms with E-state index in [2.05, 4.69) is 30.7 Å². The van der Waals surface area contributed by atoms with Crippen molar-refractivity contribution in [1.29, 1.82) is 0 Å². The number of aromatic nitrogens is 1. The number of likely N-dealkylation sites (N-methyl/N-ethyl adjacent to an activating group) is 1. The second-order valence-electron chi connectivity index (χ2n) is 10.4. The van der Waals surface area contributed by atoms with Gasteiger partial charge < -0.3 is 19.0 Å². The molecule has 0 radical (unpaired) electrons. The number of nitrogens with zero attached hydrogens (tertiary/aromatic N) is 4. The van der Waals surface area contributed by atoms with E-state index >= 15 is 0 Å². The third-order valence-corrected chi connectivity index (χ3v) is 6.70. The number of rotatable bonds is 4. The third-order valence-electron chi connectivity index (χ3n) is 6.70. The van der Waals surface area contributed by atoms with Gasteiger partial charge in [0.25, 0.3) is 5.91 Å². The fraction of sp³-hybridized carbons (Fsp3) is 0.577. The first kappa shape index (κ1) is 24.4. The van der Waals surface area contributed by atoms with Crippen LogP contribution in [-0.2, 0) is 26.3 Å². The van der Waals surface area contributed by atoms with Crippen molar-refractivity contribution in [1.82, 2.24) is 19.7 Å². The van der Waals surface area contributed by atoms with Crippen molar-refractivity contribution in [3.05, 3.63) is 53.2 Å². The van der Waals surface area contributed by atoms with Crippen LogP contribution in [0.25, 0.3) is 0 Å². The van der Waals surface area contributed by atoms with Gasteiger partial charge in [-0.25, -0.2) is 4.98 Å². The molecule has 4 rings (SSSR count). The molecule has 2 unspecified atom stereocenters. The second-order valence-corrected chi connectivity index (χ2v) is 10.4. The molecule has 2 aliphatic rings. The molecule has 0 saturated carbocycles. The summed E-state index contributed by atoms with van der Waals surface area (Å²) in [5.74, 6) is 1.42. The van der Waals surface area contributed by atoms with Crippen molar-refractivity contribution in [3.63, 3.8) is 0 Å². The minimum absolute atomic E-state index is 0.0575. The summed E-state index contributed by atoms with van der Waals surface area (Å²) in [6.45, 7) is 11.7. The van der Waals surface area contributed by atoms with E-state index < -0.39 is 12.1 Å². The van der Waals surface area contributed by atoms with Gasteiger partial charge in [0.05, 0.1) is 18.8 Å². The maximum absolute atomic E-state index is 13.6. The molecule has 1 aromatic heterocycles. The van der Waals surface area contributed by atoms with Gasteiger partial charge in [0.1, 0.15) is 12.4 Å². The van der Waals surface area contributed by atoms with Crippen molar-refractivity contribution in [2.24, 2.45) is 0 Å². The van der Waals surface area contributed by atoms with Crippen LogP contribution < -0.4 is 0 Å². The van der Waals surface area contributed by atoms with E-state index in [1.54, 1.807) is 11.9 Å². The second kappa shape index (κ2) is 9.88. The average Bonchev–Trinajstić information content (AvgIpc) is 3.15. The van der Waals surface area contributed by atoms with Gasteiger partial charge >= 0.3 is 0 Å². The zero-order chi connectivity index (χ0) is 24.5. The standard InChI is InChI=1S/C26H36N4O4/c1-18-7-9-19(10-8-18)23-24(33-17-22(31)28(23)5)25(32)30-12-6-11-29(13-14-30)16-21-27-15-20(34-21)26(2,3)4/h7-10,15,23-24H,6,11-14,16-17H2,1-5H3. The Hall–Kier alpha value is -2.71. The predicted molar refractivity (Wildman–Crippen MR) is 128 cm³/mol. The first-order chi connectivity index (χ1) is 16.1. The first-order valence-corrected chi connectivity index (χ1v) is 12.0. The molecule has 34 heavy (non-hydrogen) atoms. The van der Waals surface area contributed by atoms with Crippen LogP contribution in [0, 0.1) is 6.92 Å². The maximum atomic E-state index is 13.6. The summed E-state index contributed by atoms with van der Waals surface area (Å²) in [4.78, 5) is 36.2. The summed E-state index contributed by atoms with van der Waals surface area (Å²) in [5.41, 5.74) is 1.97. The molecule has 0 bridgehead atoms. The van der Waals surface area contributed by atoms with Gasteiger partial charge in [-0.3, -0.25) is 14.5 Å². The summed E-state index contributed by atoms with van der Waals surface area (Å²) in [7, 11) is 1.75. The number of hydrogen-bond acceptors (Lipinski definition) is 6. The van der Waals surface area contributed by atoms with Crippen LogP contribution in [0.4, 0.5) is 0 Å². The van der Waals surface area contributed by atoms with Gasteiger partial charge in [-0.05, 0) is 18.9 Å². The van der Waals surface area contributed by atoms with Crippen LogP contribution in [0.15, 0.2) is 34.9 Å². The van der Waals surface area contributed by atoms with Gasteiger partial charge in [0.2, 0.25) is 11.8 Å². The molecule has 2 amide bonds. The summed E-state index contributed by atoms with van der Waals surface area (Å²) < 4.78 is 11.8. The molecule has 2 atom stereocenters. The van der Waals surface area contributed by atoms with Crippen molar-refractivity contribution in [2.45, 2.75) is 58.2 Å². The fourth-order valence-electron chi connectivity index (χ4n) is 4.53. The van der Waals surface area contributed by atoms with E-state index in [1.165, 1.54) is 0 Å². The molecular weight excluding hydrogens is 432 g/mol. The number of benzene rings is 1. The van der Waals surface area contributed by atoms with Crippen LogP contribution in [0.3, 0.4) is 0 Å². The van der Waals surface area contributed by atoms with Crippen LogP contribution >= 0.6 is 0 Å². The Kier molecular flexibility index (Phi) is 7.09. The summed E-state index contributed by atoms with van der Waals surface area (Å²) in [5, 5.41) is 0. The highest BCUT2D eigenvalue weighted by atomic mass is 16.5. The predicted octanol–water partition coefficient (Wildman–Crippen LogP) is 2.91. The number of amides is 2. The molecule has 2 saturated heterocycles. The zero-order valence-corrected chi connectivity index (χ0v) is 20.9. The molecule has 2 aliphatic heterocycles. The first-order valence-electron chi connectivity index (χ1n) is 12.0. The van der Waals surface area contributed by atoms with E-state index in [9.17, 15) is 9.59 Å². The zero-order valence-electron chi connectivity index (χ0n) is 20.9. The minimum atomic E-state index is -0.710. The molecule has 0 spiro atoms. The number of oxazole rings is 1. The quantitative estimate of drug-likeness (QED) is 0.687. The van der Waals surface area contributed by atoms with Crippen molar-refractivity contribution in [2.75, 3.05) is 39.8 Å². The smallest absolute Gasteiger partial charge is 0.254 e. The lowest BCUT2D eigenvalue weighted by Gasteiger charge is -2.40. The third kappa shape index (κ3) is 5.33. The molecule has 3 heterocycles. The Labute approximate surface area is 201 Å². The molecule has 1 aromatic carbocycles. The minimum Gasteiger partial charge on any atom is -0.444 e. The number of hydrogen-bond donors (Lipinski definition) is 0. The molecule has 0 aliphatic carbocycles. The Bertz CT molecular complexity index is 1010. The molecule has 8 nitrogen and oxygen atoms in total. The Morgan fingerprint density at radius 1 is 1.12 bits per heavy atom. The Morgan fingerprint density at radius 3 is 2.53 bits per heavy atom. The van der Waals surface area contributed by atoms with E-state index in [0.29, 0.717) is 25.5 Å². The number of carbonyl (C=O) groups is 2. The summed E-state index contributed by atoms with van der Waals surface area (Å²) in [6, 6.07) is 7.52. The number of morpholine rings is 1. The molecular formula is C26H36N4O4. The highest BCUT2D eigenvalue weighted by Gasteiger charge is 2.42. The number of carbonyl (C=O) groups excluding carboxylic acids is 2. The normalized spacial score (nSPS) is 22.7. The van der Waals surface area contributed by atoms with E-state index in [1.807, 2.05) is 42.3 Å².